The van der Waals surface area contributed by atoms with Crippen LogP contribution in [-0.4, -0.2) is 60.2 Å². The predicted octanol–water partition coefficient (Wildman–Crippen LogP) is 1.62. The first-order valence-corrected chi connectivity index (χ1v) is 8.42. The highest BCUT2D eigenvalue weighted by atomic mass is 16.5. The Kier molecular flexibility index (Phi) is 4.92. The lowest BCUT2D eigenvalue weighted by Crippen LogP contribution is -2.41. The quantitative estimate of drug-likeness (QED) is 0.435. The molecule has 4 amide bonds. The minimum atomic E-state index is -0.956. The van der Waals surface area contributed by atoms with Crippen LogP contribution in [0.3, 0.4) is 0 Å². The summed E-state index contributed by atoms with van der Waals surface area (Å²) in [5.41, 5.74) is 0.209. The molecular formula is C18H20N2O6. The molecule has 0 atom stereocenters. The maximum absolute atomic E-state index is 12.6. The predicted molar refractivity (Wildman–Crippen MR) is 90.1 cm³/mol. The molecule has 26 heavy (non-hydrogen) atoms. The first-order chi connectivity index (χ1) is 12.5. The standard InChI is InChI=1S/C18H20N2O6/c1-25-12-7-8-13(15(9-12)26-2)14(21)10-19-16(22)17(23)20(18(19)24)11-5-3-4-6-11/h7-9,11H,3-6,10H2,1-2H3. The number of carbonyl (C=O) groups excluding carboxylic acids is 4. The van der Waals surface area contributed by atoms with E-state index >= 15 is 0 Å². The molecule has 1 aliphatic carbocycles. The van der Waals surface area contributed by atoms with Gasteiger partial charge in [0.2, 0.25) is 0 Å². The summed E-state index contributed by atoms with van der Waals surface area (Å²) >= 11 is 0. The summed E-state index contributed by atoms with van der Waals surface area (Å²) < 4.78 is 10.3. The Hall–Kier alpha value is -2.90. The van der Waals surface area contributed by atoms with Gasteiger partial charge in [0.05, 0.1) is 26.3 Å². The molecule has 8 heteroatoms. The van der Waals surface area contributed by atoms with Crippen LogP contribution in [0.25, 0.3) is 0 Å². The normalized spacial score (nSPS) is 18.0. The molecule has 3 rings (SSSR count). The Balaban J connectivity index is 1.80. The zero-order chi connectivity index (χ0) is 18.8. The van der Waals surface area contributed by atoms with Gasteiger partial charge < -0.3 is 9.47 Å². The van der Waals surface area contributed by atoms with Crippen molar-refractivity contribution in [2.45, 2.75) is 31.7 Å². The molecule has 0 unspecified atom stereocenters. The molecule has 1 heterocycles. The molecule has 0 spiro atoms. The number of nitrogens with zero attached hydrogens (tertiary/aromatic N) is 2. The number of imide groups is 2. The second-order valence-electron chi connectivity index (χ2n) is 6.28. The number of hydrogen-bond donors (Lipinski definition) is 0. The Morgan fingerprint density at radius 1 is 1.08 bits per heavy atom. The molecule has 1 aromatic carbocycles. The zero-order valence-corrected chi connectivity index (χ0v) is 14.7. The Morgan fingerprint density at radius 2 is 1.77 bits per heavy atom. The van der Waals surface area contributed by atoms with E-state index in [0.717, 1.165) is 17.7 Å². The van der Waals surface area contributed by atoms with E-state index in [0.29, 0.717) is 23.5 Å². The molecule has 0 bridgehead atoms. The van der Waals surface area contributed by atoms with Crippen molar-refractivity contribution in [2.24, 2.45) is 0 Å². The fourth-order valence-electron chi connectivity index (χ4n) is 3.40. The van der Waals surface area contributed by atoms with E-state index < -0.39 is 30.2 Å². The van der Waals surface area contributed by atoms with Gasteiger partial charge >= 0.3 is 17.8 Å². The maximum atomic E-state index is 12.6. The summed E-state index contributed by atoms with van der Waals surface area (Å²) in [4.78, 5) is 51.3. The van der Waals surface area contributed by atoms with Crippen LogP contribution in [0.2, 0.25) is 0 Å². The van der Waals surface area contributed by atoms with Crippen molar-refractivity contribution < 1.29 is 28.7 Å². The van der Waals surface area contributed by atoms with Crippen molar-refractivity contribution in [3.63, 3.8) is 0 Å². The lowest BCUT2D eigenvalue weighted by molar-refractivity contribution is -0.143. The van der Waals surface area contributed by atoms with Crippen molar-refractivity contribution in [1.82, 2.24) is 9.80 Å². The van der Waals surface area contributed by atoms with Gasteiger partial charge in [-0.15, -0.1) is 0 Å². The SMILES string of the molecule is COc1ccc(C(=O)CN2C(=O)C(=O)N(C3CCCC3)C2=O)c(OC)c1. The minimum Gasteiger partial charge on any atom is -0.497 e. The second-order valence-corrected chi connectivity index (χ2v) is 6.28. The van der Waals surface area contributed by atoms with Crippen molar-refractivity contribution in [3.8, 4) is 11.5 Å². The van der Waals surface area contributed by atoms with Crippen LogP contribution in [0, 0.1) is 0 Å². The third kappa shape index (κ3) is 3.02. The molecule has 1 saturated heterocycles. The number of ketones is 1. The van der Waals surface area contributed by atoms with Gasteiger partial charge in [0.15, 0.2) is 5.78 Å². The molecule has 0 aromatic heterocycles. The third-order valence-electron chi connectivity index (χ3n) is 4.78. The van der Waals surface area contributed by atoms with Crippen molar-refractivity contribution >= 4 is 23.6 Å². The highest BCUT2D eigenvalue weighted by molar-refractivity contribution is 6.45. The molecule has 0 radical (unpaired) electrons. The van der Waals surface area contributed by atoms with Crippen LogP contribution in [-0.2, 0) is 9.59 Å². The van der Waals surface area contributed by atoms with Crippen LogP contribution in [0.5, 0.6) is 11.5 Å². The van der Waals surface area contributed by atoms with Gasteiger partial charge in [0.1, 0.15) is 11.5 Å². The monoisotopic (exact) mass is 360 g/mol. The number of hydrogen-bond acceptors (Lipinski definition) is 6. The lowest BCUT2D eigenvalue weighted by atomic mass is 10.1. The largest absolute Gasteiger partial charge is 0.497 e. The van der Waals surface area contributed by atoms with Crippen LogP contribution in [0.4, 0.5) is 4.79 Å². The first kappa shape index (κ1) is 17.9. The number of benzene rings is 1. The van der Waals surface area contributed by atoms with Crippen LogP contribution < -0.4 is 9.47 Å². The molecule has 8 nitrogen and oxygen atoms in total. The third-order valence-corrected chi connectivity index (χ3v) is 4.78. The summed E-state index contributed by atoms with van der Waals surface area (Å²) in [5, 5.41) is 0. The zero-order valence-electron chi connectivity index (χ0n) is 14.7. The average Bonchev–Trinajstić information content (AvgIpc) is 3.24. The topological polar surface area (TPSA) is 93.2 Å². The summed E-state index contributed by atoms with van der Waals surface area (Å²) in [6.07, 6.45) is 3.22. The molecule has 1 saturated carbocycles. The summed E-state index contributed by atoms with van der Waals surface area (Å²) in [6.45, 7) is -0.505. The summed E-state index contributed by atoms with van der Waals surface area (Å²) in [5.74, 6) is -1.52. The Labute approximate surface area is 150 Å². The fourth-order valence-corrected chi connectivity index (χ4v) is 3.40. The molecule has 138 valence electrons. The van der Waals surface area contributed by atoms with Gasteiger partial charge in [0, 0.05) is 12.1 Å². The van der Waals surface area contributed by atoms with E-state index in [-0.39, 0.29) is 17.4 Å². The van der Waals surface area contributed by atoms with Gasteiger partial charge in [-0.25, -0.2) is 9.69 Å². The summed E-state index contributed by atoms with van der Waals surface area (Å²) in [7, 11) is 2.89. The van der Waals surface area contributed by atoms with Crippen LogP contribution in [0.15, 0.2) is 18.2 Å². The Bertz CT molecular complexity index is 769. The number of methoxy groups -OCH3 is 2. The molecule has 1 aliphatic heterocycles. The molecule has 0 N–H and O–H groups in total. The summed E-state index contributed by atoms with van der Waals surface area (Å²) in [6, 6.07) is 3.65. The number of carbonyl (C=O) groups is 4. The van der Waals surface area contributed by atoms with Crippen molar-refractivity contribution in [1.29, 1.82) is 0 Å². The highest BCUT2D eigenvalue weighted by Crippen LogP contribution is 2.29. The van der Waals surface area contributed by atoms with E-state index in [1.165, 1.54) is 26.4 Å². The average molecular weight is 360 g/mol. The van der Waals surface area contributed by atoms with Gasteiger partial charge in [-0.2, -0.15) is 0 Å². The van der Waals surface area contributed by atoms with Crippen molar-refractivity contribution in [3.05, 3.63) is 23.8 Å². The minimum absolute atomic E-state index is 0.209. The number of ether oxygens (including phenoxy) is 2. The lowest BCUT2D eigenvalue weighted by Gasteiger charge is -2.21. The van der Waals surface area contributed by atoms with Gasteiger partial charge in [-0.1, -0.05) is 12.8 Å². The Morgan fingerprint density at radius 3 is 2.38 bits per heavy atom. The van der Waals surface area contributed by atoms with Crippen LogP contribution in [0.1, 0.15) is 36.0 Å². The van der Waals surface area contributed by atoms with E-state index in [2.05, 4.69) is 0 Å². The highest BCUT2D eigenvalue weighted by Gasteiger charge is 2.48. The molecule has 1 aromatic rings. The molecule has 2 fully saturated rings. The smallest absolute Gasteiger partial charge is 0.334 e. The molecular weight excluding hydrogens is 340 g/mol. The second kappa shape index (κ2) is 7.15. The van der Waals surface area contributed by atoms with Crippen molar-refractivity contribution in [2.75, 3.05) is 20.8 Å². The van der Waals surface area contributed by atoms with Gasteiger partial charge in [0.25, 0.3) is 0 Å². The van der Waals surface area contributed by atoms with Gasteiger partial charge in [-0.05, 0) is 25.0 Å². The first-order valence-electron chi connectivity index (χ1n) is 8.42. The number of Topliss-reactive ketones (excluding diaryl/α,β-unsaturated/α-hetero) is 1. The van der Waals surface area contributed by atoms with E-state index in [9.17, 15) is 19.2 Å². The fraction of sp³-hybridized carbons (Fsp3) is 0.444. The van der Waals surface area contributed by atoms with E-state index in [4.69, 9.17) is 9.47 Å². The van der Waals surface area contributed by atoms with Gasteiger partial charge in [-0.3, -0.25) is 19.3 Å². The van der Waals surface area contributed by atoms with E-state index in [1.54, 1.807) is 6.07 Å². The molecule has 2 aliphatic rings. The van der Waals surface area contributed by atoms with Crippen LogP contribution >= 0.6 is 0 Å². The van der Waals surface area contributed by atoms with E-state index in [1.807, 2.05) is 0 Å². The number of amides is 4. The maximum Gasteiger partial charge on any atom is 0.334 e. The number of rotatable bonds is 6. The number of urea groups is 1.